The Bertz CT molecular complexity index is 1260. The maximum Gasteiger partial charge on any atom is 0.332 e. The van der Waals surface area contributed by atoms with E-state index in [1.165, 1.54) is 4.90 Å². The molecule has 1 aromatic carbocycles. The van der Waals surface area contributed by atoms with Crippen molar-refractivity contribution in [3.63, 3.8) is 0 Å². The van der Waals surface area contributed by atoms with Crippen LogP contribution in [0.4, 0.5) is 16.2 Å². The number of pyridine rings is 1. The van der Waals surface area contributed by atoms with Gasteiger partial charge in [-0.2, -0.15) is 0 Å². The van der Waals surface area contributed by atoms with E-state index in [-0.39, 0.29) is 23.3 Å². The number of rotatable bonds is 6. The number of hydrogen-bond donors (Lipinski definition) is 0. The lowest BCUT2D eigenvalue weighted by Crippen LogP contribution is -2.44. The highest BCUT2D eigenvalue weighted by Crippen LogP contribution is 2.44. The Morgan fingerprint density at radius 1 is 1.11 bits per heavy atom. The van der Waals surface area contributed by atoms with Crippen molar-refractivity contribution in [3.05, 3.63) is 53.9 Å². The van der Waals surface area contributed by atoms with Crippen LogP contribution in [0.2, 0.25) is 0 Å². The van der Waals surface area contributed by atoms with E-state index in [1.54, 1.807) is 31.1 Å². The largest absolute Gasteiger partial charge is 0.332 e. The summed E-state index contributed by atoms with van der Waals surface area (Å²) in [4.78, 5) is 53.9. The smallest absolute Gasteiger partial charge is 0.310 e. The first-order valence-electron chi connectivity index (χ1n) is 13.3. The van der Waals surface area contributed by atoms with Gasteiger partial charge >= 0.3 is 6.03 Å². The molecule has 3 aliphatic rings. The van der Waals surface area contributed by atoms with Gasteiger partial charge in [0.15, 0.2) is 0 Å². The predicted molar refractivity (Wildman–Crippen MR) is 147 cm³/mol. The van der Waals surface area contributed by atoms with E-state index in [0.717, 1.165) is 36.3 Å². The lowest BCUT2D eigenvalue weighted by molar-refractivity contribution is -0.123. The molecule has 38 heavy (non-hydrogen) atoms. The number of nitrogens with zero attached hydrogens (tertiary/aromatic N) is 6. The van der Waals surface area contributed by atoms with Gasteiger partial charge in [0.25, 0.3) is 5.91 Å². The molecule has 4 amide bonds. The second-order valence-corrected chi connectivity index (χ2v) is 12.1. The first-order valence-corrected chi connectivity index (χ1v) is 13.3. The van der Waals surface area contributed by atoms with Crippen LogP contribution >= 0.6 is 0 Å². The average molecular weight is 519 g/mol. The third kappa shape index (κ3) is 4.47. The standard InChI is InChI=1S/C29H38N6O3/c1-28(2)19-33(25(36)18-32(6)22-11-14-31(5)17-22)24-15-21(7-8-23(24)28)35-26(37)29(3,4)34(27(35)38)16-20-9-12-30-13-10-20/h7-10,12-13,15,22H,11,14,16-19H2,1-6H3. The quantitative estimate of drug-likeness (QED) is 0.547. The van der Waals surface area contributed by atoms with Crippen molar-refractivity contribution in [2.24, 2.45) is 0 Å². The van der Waals surface area contributed by atoms with E-state index in [9.17, 15) is 14.4 Å². The number of carbonyl (C=O) groups is 3. The number of amides is 4. The summed E-state index contributed by atoms with van der Waals surface area (Å²) in [5.74, 6) is -0.249. The Morgan fingerprint density at radius 2 is 1.82 bits per heavy atom. The minimum absolute atomic E-state index is 0.0322. The van der Waals surface area contributed by atoms with Crippen molar-refractivity contribution in [1.29, 1.82) is 0 Å². The van der Waals surface area contributed by atoms with E-state index in [4.69, 9.17) is 0 Å². The van der Waals surface area contributed by atoms with Crippen molar-refractivity contribution in [3.8, 4) is 0 Å². The maximum atomic E-state index is 13.6. The van der Waals surface area contributed by atoms with Gasteiger partial charge in [-0.05, 0) is 76.3 Å². The molecule has 202 valence electrons. The topological polar surface area (TPSA) is 80.3 Å². The Hall–Kier alpha value is -3.30. The maximum absolute atomic E-state index is 13.6. The number of fused-ring (bicyclic) bond motifs is 1. The fourth-order valence-electron chi connectivity index (χ4n) is 5.94. The SMILES string of the molecule is CN1CCC(N(C)CC(=O)N2CC(C)(C)c3ccc(N4C(=O)N(Cc5ccncc5)C(C)(C)C4=O)cc32)C1. The normalized spacial score (nSPS) is 22.6. The molecule has 2 saturated heterocycles. The Morgan fingerprint density at radius 3 is 2.47 bits per heavy atom. The summed E-state index contributed by atoms with van der Waals surface area (Å²) in [6, 6.07) is 9.32. The fraction of sp³-hybridized carbons (Fsp3) is 0.517. The number of likely N-dealkylation sites (tertiary alicyclic amines) is 1. The number of urea groups is 1. The highest BCUT2D eigenvalue weighted by Gasteiger charge is 2.52. The van der Waals surface area contributed by atoms with Gasteiger partial charge in [-0.15, -0.1) is 0 Å². The molecule has 5 rings (SSSR count). The number of imide groups is 1. The summed E-state index contributed by atoms with van der Waals surface area (Å²) < 4.78 is 0. The highest BCUT2D eigenvalue weighted by molar-refractivity contribution is 6.23. The summed E-state index contributed by atoms with van der Waals surface area (Å²) in [6.07, 6.45) is 4.41. The minimum atomic E-state index is -1.01. The van der Waals surface area contributed by atoms with E-state index in [0.29, 0.717) is 31.4 Å². The van der Waals surface area contributed by atoms with Crippen molar-refractivity contribution in [1.82, 2.24) is 19.7 Å². The molecule has 1 aromatic heterocycles. The lowest BCUT2D eigenvalue weighted by atomic mass is 9.87. The zero-order chi connectivity index (χ0) is 27.4. The average Bonchev–Trinajstić information content (AvgIpc) is 3.47. The summed E-state index contributed by atoms with van der Waals surface area (Å²) in [7, 11) is 4.12. The van der Waals surface area contributed by atoms with Crippen LogP contribution in [-0.2, 0) is 21.5 Å². The molecule has 2 fully saturated rings. The molecule has 3 aliphatic heterocycles. The number of benzene rings is 1. The third-order valence-electron chi connectivity index (χ3n) is 8.40. The molecule has 9 nitrogen and oxygen atoms in total. The fourth-order valence-corrected chi connectivity index (χ4v) is 5.94. The van der Waals surface area contributed by atoms with E-state index in [1.807, 2.05) is 42.3 Å². The van der Waals surface area contributed by atoms with Crippen molar-refractivity contribution >= 4 is 29.2 Å². The minimum Gasteiger partial charge on any atom is -0.310 e. The molecule has 0 radical (unpaired) electrons. The summed E-state index contributed by atoms with van der Waals surface area (Å²) in [6.45, 7) is 11.0. The summed E-state index contributed by atoms with van der Waals surface area (Å²) in [5.41, 5.74) is 1.98. The van der Waals surface area contributed by atoms with E-state index in [2.05, 4.69) is 35.7 Å². The van der Waals surface area contributed by atoms with Crippen molar-refractivity contribution < 1.29 is 14.4 Å². The molecule has 4 heterocycles. The summed E-state index contributed by atoms with van der Waals surface area (Å²) in [5, 5.41) is 0. The van der Waals surface area contributed by atoms with Crippen molar-refractivity contribution in [2.75, 3.05) is 50.1 Å². The van der Waals surface area contributed by atoms with Gasteiger partial charge in [-0.1, -0.05) is 19.9 Å². The monoisotopic (exact) mass is 518 g/mol. The molecular weight excluding hydrogens is 480 g/mol. The van der Waals surface area contributed by atoms with Gasteiger partial charge in [-0.3, -0.25) is 19.5 Å². The molecule has 0 bridgehead atoms. The van der Waals surface area contributed by atoms with Crippen LogP contribution in [0.3, 0.4) is 0 Å². The Balaban J connectivity index is 1.42. The van der Waals surface area contributed by atoms with Gasteiger partial charge in [0, 0.05) is 49.2 Å². The Kier molecular flexibility index (Phi) is 6.55. The molecular formula is C29H38N6O3. The van der Waals surface area contributed by atoms with Crippen LogP contribution in [0.5, 0.6) is 0 Å². The van der Waals surface area contributed by atoms with Crippen LogP contribution in [-0.4, -0.2) is 89.4 Å². The van der Waals surface area contributed by atoms with E-state index < -0.39 is 5.54 Å². The number of aromatic nitrogens is 1. The molecule has 2 aromatic rings. The van der Waals surface area contributed by atoms with Gasteiger partial charge in [0.05, 0.1) is 12.2 Å². The van der Waals surface area contributed by atoms with Gasteiger partial charge in [0.2, 0.25) is 5.91 Å². The molecule has 0 spiro atoms. The van der Waals surface area contributed by atoms with Crippen LogP contribution in [0.1, 0.15) is 45.2 Å². The number of likely N-dealkylation sites (N-methyl/N-ethyl adjacent to an activating group) is 2. The lowest BCUT2D eigenvalue weighted by Gasteiger charge is -2.27. The molecule has 9 heteroatoms. The highest BCUT2D eigenvalue weighted by atomic mass is 16.2. The zero-order valence-corrected chi connectivity index (χ0v) is 23.3. The third-order valence-corrected chi connectivity index (χ3v) is 8.40. The summed E-state index contributed by atoms with van der Waals surface area (Å²) >= 11 is 0. The zero-order valence-electron chi connectivity index (χ0n) is 23.3. The Labute approximate surface area is 225 Å². The van der Waals surface area contributed by atoms with Crippen LogP contribution in [0, 0.1) is 0 Å². The molecule has 0 saturated carbocycles. The first-order chi connectivity index (χ1) is 17.9. The second kappa shape index (κ2) is 9.47. The van der Waals surface area contributed by atoms with Crippen LogP contribution in [0.15, 0.2) is 42.7 Å². The second-order valence-electron chi connectivity index (χ2n) is 12.1. The molecule has 0 N–H and O–H groups in total. The van der Waals surface area contributed by atoms with E-state index >= 15 is 0 Å². The van der Waals surface area contributed by atoms with Gasteiger partial charge in [-0.25, -0.2) is 9.69 Å². The molecule has 1 atom stereocenters. The molecule has 1 unspecified atom stereocenters. The first kappa shape index (κ1) is 26.3. The van der Waals surface area contributed by atoms with Crippen molar-refractivity contribution in [2.45, 2.75) is 57.7 Å². The number of anilines is 2. The number of hydrogen-bond acceptors (Lipinski definition) is 6. The van der Waals surface area contributed by atoms with Crippen LogP contribution in [0.25, 0.3) is 0 Å². The van der Waals surface area contributed by atoms with Gasteiger partial charge in [0.1, 0.15) is 5.54 Å². The number of carbonyl (C=O) groups excluding carboxylic acids is 3. The van der Waals surface area contributed by atoms with Crippen LogP contribution < -0.4 is 9.80 Å². The predicted octanol–water partition coefficient (Wildman–Crippen LogP) is 3.09. The molecule has 0 aliphatic carbocycles. The van der Waals surface area contributed by atoms with Gasteiger partial charge < -0.3 is 14.7 Å².